The van der Waals surface area contributed by atoms with Gasteiger partial charge in [-0.25, -0.2) is 18.4 Å². The van der Waals surface area contributed by atoms with Gasteiger partial charge < -0.3 is 4.42 Å². The van der Waals surface area contributed by atoms with Gasteiger partial charge in [0.05, 0.1) is 5.75 Å². The highest BCUT2D eigenvalue weighted by Crippen LogP contribution is 2.25. The molecule has 6 nitrogen and oxygen atoms in total. The van der Waals surface area contributed by atoms with Crippen LogP contribution in [0.15, 0.2) is 27.4 Å². The highest BCUT2D eigenvalue weighted by Gasteiger charge is 2.23. The normalized spacial score (nSPS) is 17.2. The maximum Gasteiger partial charge on any atom is 0.336 e. The molecule has 1 aliphatic rings. The second-order valence-corrected chi connectivity index (χ2v) is 8.73. The average Bonchev–Trinajstić information content (AvgIpc) is 2.50. The van der Waals surface area contributed by atoms with Crippen molar-refractivity contribution in [3.63, 3.8) is 0 Å². The Bertz CT molecular complexity index is 941. The summed E-state index contributed by atoms with van der Waals surface area (Å²) in [7, 11) is -3.42. The van der Waals surface area contributed by atoms with Gasteiger partial charge in [0, 0.05) is 18.0 Å². The maximum atomic E-state index is 11.9. The van der Waals surface area contributed by atoms with Crippen LogP contribution in [-0.4, -0.2) is 32.2 Å². The molecule has 0 amide bonds. The van der Waals surface area contributed by atoms with E-state index in [1.807, 2.05) is 19.9 Å². The molecular formula is C18H24N2O4S. The molecule has 0 radical (unpaired) electrons. The van der Waals surface area contributed by atoms with Crippen molar-refractivity contribution in [3.05, 3.63) is 45.3 Å². The molecule has 2 aromatic rings. The van der Waals surface area contributed by atoms with Crippen LogP contribution in [0.4, 0.5) is 0 Å². The number of sulfonamides is 1. The van der Waals surface area contributed by atoms with Gasteiger partial charge in [0.2, 0.25) is 10.0 Å². The summed E-state index contributed by atoms with van der Waals surface area (Å²) in [6.45, 7) is 6.30. The van der Waals surface area contributed by atoms with Crippen LogP contribution >= 0.6 is 0 Å². The first-order valence-corrected chi connectivity index (χ1v) is 10.2. The Balaban J connectivity index is 1.78. The van der Waals surface area contributed by atoms with Crippen molar-refractivity contribution in [2.45, 2.75) is 33.2 Å². The van der Waals surface area contributed by atoms with Crippen LogP contribution in [0.1, 0.15) is 29.5 Å². The van der Waals surface area contributed by atoms with Gasteiger partial charge in [-0.05, 0) is 74.5 Å². The number of fused-ring (bicyclic) bond motifs is 1. The lowest BCUT2D eigenvalue weighted by Crippen LogP contribution is -2.36. The van der Waals surface area contributed by atoms with Crippen LogP contribution in [0, 0.1) is 19.8 Å². The Morgan fingerprint density at radius 3 is 2.44 bits per heavy atom. The van der Waals surface area contributed by atoms with Crippen LogP contribution in [0.3, 0.4) is 0 Å². The van der Waals surface area contributed by atoms with Crippen LogP contribution in [0.2, 0.25) is 0 Å². The maximum absolute atomic E-state index is 11.9. The molecule has 0 unspecified atom stereocenters. The third kappa shape index (κ3) is 4.48. The minimum atomic E-state index is -3.42. The van der Waals surface area contributed by atoms with E-state index in [2.05, 4.69) is 11.0 Å². The highest BCUT2D eigenvalue weighted by atomic mass is 32.2. The van der Waals surface area contributed by atoms with Crippen LogP contribution in [-0.2, 0) is 16.6 Å². The molecule has 3 rings (SSSR count). The zero-order valence-corrected chi connectivity index (χ0v) is 15.4. The van der Waals surface area contributed by atoms with E-state index in [4.69, 9.17) is 9.56 Å². The fourth-order valence-corrected chi connectivity index (χ4v) is 4.48. The molecule has 0 spiro atoms. The first kappa shape index (κ1) is 18.1. The van der Waals surface area contributed by atoms with Gasteiger partial charge in [-0.2, -0.15) is 0 Å². The Labute approximate surface area is 147 Å². The number of hydrogen-bond donors (Lipinski definition) is 1. The fraction of sp³-hybridized carbons (Fsp3) is 0.500. The van der Waals surface area contributed by atoms with Gasteiger partial charge in [-0.3, -0.25) is 4.90 Å². The predicted octanol–water partition coefficient (Wildman–Crippen LogP) is 1.91. The minimum absolute atomic E-state index is 0.0527. The molecule has 7 heteroatoms. The van der Waals surface area contributed by atoms with E-state index in [9.17, 15) is 13.2 Å². The lowest BCUT2D eigenvalue weighted by atomic mass is 9.98. The monoisotopic (exact) mass is 364 g/mol. The van der Waals surface area contributed by atoms with Gasteiger partial charge in [-0.1, -0.05) is 0 Å². The average molecular weight is 364 g/mol. The van der Waals surface area contributed by atoms with Crippen LogP contribution in [0.25, 0.3) is 11.0 Å². The van der Waals surface area contributed by atoms with Crippen LogP contribution in [0.5, 0.6) is 0 Å². The van der Waals surface area contributed by atoms with Gasteiger partial charge in [0.25, 0.3) is 0 Å². The SMILES string of the molecule is Cc1cc2oc(=O)cc(CN3CCC(CS(N)(=O)=O)CC3)c2cc1C. The van der Waals surface area contributed by atoms with Gasteiger partial charge in [-0.15, -0.1) is 0 Å². The standard InChI is InChI=1S/C18H24N2O4S/c1-12-7-16-15(9-18(21)24-17(16)8-13(12)2)10-20-5-3-14(4-6-20)11-25(19,22)23/h7-9,14H,3-6,10-11H2,1-2H3,(H2,19,22,23). The number of hydrogen-bond acceptors (Lipinski definition) is 5. The van der Waals surface area contributed by atoms with E-state index < -0.39 is 10.0 Å². The molecule has 1 aromatic heterocycles. The number of rotatable bonds is 4. The van der Waals surface area contributed by atoms with E-state index in [1.165, 1.54) is 0 Å². The lowest BCUT2D eigenvalue weighted by molar-refractivity contribution is 0.186. The molecule has 0 bridgehead atoms. The van der Waals surface area contributed by atoms with Gasteiger partial charge >= 0.3 is 5.63 Å². The number of likely N-dealkylation sites (tertiary alicyclic amines) is 1. The van der Waals surface area contributed by atoms with E-state index >= 15 is 0 Å². The summed E-state index contributed by atoms with van der Waals surface area (Å²) in [5.74, 6) is 0.172. The Hall–Kier alpha value is -1.70. The fourth-order valence-electron chi connectivity index (χ4n) is 3.49. The third-order valence-electron chi connectivity index (χ3n) is 5.01. The number of aryl methyl sites for hydroxylation is 2. The summed E-state index contributed by atoms with van der Waals surface area (Å²) >= 11 is 0. The molecule has 2 heterocycles. The largest absolute Gasteiger partial charge is 0.423 e. The molecule has 0 atom stereocenters. The molecule has 1 aromatic carbocycles. The molecule has 25 heavy (non-hydrogen) atoms. The summed E-state index contributed by atoms with van der Waals surface area (Å²) in [5, 5.41) is 6.11. The second-order valence-electron chi connectivity index (χ2n) is 7.07. The van der Waals surface area contributed by atoms with Gasteiger partial charge in [0.1, 0.15) is 5.58 Å². The smallest absolute Gasteiger partial charge is 0.336 e. The zero-order valence-electron chi connectivity index (χ0n) is 14.6. The summed E-state index contributed by atoms with van der Waals surface area (Å²) in [4.78, 5) is 14.1. The lowest BCUT2D eigenvalue weighted by Gasteiger charge is -2.31. The van der Waals surface area contributed by atoms with Crippen molar-refractivity contribution in [1.29, 1.82) is 0 Å². The second kappa shape index (κ2) is 6.90. The van der Waals surface area contributed by atoms with Crippen molar-refractivity contribution in [1.82, 2.24) is 4.90 Å². The Kier molecular flexibility index (Phi) is 4.99. The number of nitrogens with two attached hydrogens (primary N) is 1. The number of primary sulfonamides is 1. The van der Waals surface area contributed by atoms with Crippen LogP contribution < -0.4 is 10.8 Å². The summed E-state index contributed by atoms with van der Waals surface area (Å²) in [5.41, 5.74) is 3.50. The Morgan fingerprint density at radius 1 is 1.16 bits per heavy atom. The van der Waals surface area contributed by atoms with Crippen molar-refractivity contribution < 1.29 is 12.8 Å². The van der Waals surface area contributed by atoms with E-state index in [0.29, 0.717) is 12.1 Å². The molecular weight excluding hydrogens is 340 g/mol. The minimum Gasteiger partial charge on any atom is -0.423 e. The van der Waals surface area contributed by atoms with E-state index in [0.717, 1.165) is 48.0 Å². The third-order valence-corrected chi connectivity index (χ3v) is 5.95. The van der Waals surface area contributed by atoms with Gasteiger partial charge in [0.15, 0.2) is 0 Å². The predicted molar refractivity (Wildman–Crippen MR) is 97.9 cm³/mol. The quantitative estimate of drug-likeness (QED) is 0.837. The number of piperidine rings is 1. The van der Waals surface area contributed by atoms with Crippen molar-refractivity contribution in [3.8, 4) is 0 Å². The van der Waals surface area contributed by atoms with Crippen molar-refractivity contribution >= 4 is 21.0 Å². The first-order chi connectivity index (χ1) is 11.7. The molecule has 1 fully saturated rings. The zero-order chi connectivity index (χ0) is 18.2. The number of nitrogens with zero attached hydrogens (tertiary/aromatic N) is 1. The Morgan fingerprint density at radius 2 is 1.80 bits per heavy atom. The highest BCUT2D eigenvalue weighted by molar-refractivity contribution is 7.89. The topological polar surface area (TPSA) is 93.6 Å². The molecule has 1 saturated heterocycles. The molecule has 2 N–H and O–H groups in total. The molecule has 1 aliphatic heterocycles. The van der Waals surface area contributed by atoms with Crippen molar-refractivity contribution in [2.24, 2.45) is 11.1 Å². The summed E-state index contributed by atoms with van der Waals surface area (Å²) in [6, 6.07) is 5.54. The molecule has 0 saturated carbocycles. The summed E-state index contributed by atoms with van der Waals surface area (Å²) in [6.07, 6.45) is 1.60. The van der Waals surface area contributed by atoms with Crippen molar-refractivity contribution in [2.75, 3.05) is 18.8 Å². The molecule has 136 valence electrons. The molecule has 0 aliphatic carbocycles. The van der Waals surface area contributed by atoms with E-state index in [1.54, 1.807) is 6.07 Å². The first-order valence-electron chi connectivity index (χ1n) is 8.48. The number of benzene rings is 1. The van der Waals surface area contributed by atoms with E-state index in [-0.39, 0.29) is 17.3 Å². The summed E-state index contributed by atoms with van der Waals surface area (Å²) < 4.78 is 27.8.